The second-order valence-electron chi connectivity index (χ2n) is 2.65. The van der Waals surface area contributed by atoms with Crippen molar-refractivity contribution >= 4 is 0 Å². The minimum Gasteiger partial charge on any atom is -0.496 e. The van der Waals surface area contributed by atoms with E-state index in [0.717, 1.165) is 17.9 Å². The van der Waals surface area contributed by atoms with Gasteiger partial charge in [0.1, 0.15) is 11.5 Å². The molecule has 2 aliphatic rings. The Labute approximate surface area is 65.7 Å². The Balaban J connectivity index is 2.47. The van der Waals surface area contributed by atoms with Gasteiger partial charge in [-0.25, -0.2) is 0 Å². The van der Waals surface area contributed by atoms with Gasteiger partial charge in [0.05, 0.1) is 14.2 Å². The van der Waals surface area contributed by atoms with Gasteiger partial charge in [0.25, 0.3) is 0 Å². The molecule has 2 heteroatoms. The Bertz CT molecular complexity index is 267. The maximum Gasteiger partial charge on any atom is 0.126 e. The molecule has 0 amide bonds. The predicted octanol–water partition coefficient (Wildman–Crippen LogP) is 1.61. The second-order valence-corrected chi connectivity index (χ2v) is 2.65. The van der Waals surface area contributed by atoms with Crippen LogP contribution in [0.15, 0.2) is 12.1 Å². The summed E-state index contributed by atoms with van der Waals surface area (Å²) in [4.78, 5) is 0. The van der Waals surface area contributed by atoms with Gasteiger partial charge in [0, 0.05) is 12.5 Å². The fourth-order valence-electron chi connectivity index (χ4n) is 1.39. The van der Waals surface area contributed by atoms with Gasteiger partial charge in [-0.1, -0.05) is 0 Å². The molecule has 0 atom stereocenters. The predicted molar refractivity (Wildman–Crippen MR) is 42.4 cm³/mol. The van der Waals surface area contributed by atoms with Crippen molar-refractivity contribution in [1.82, 2.24) is 0 Å². The van der Waals surface area contributed by atoms with Crippen LogP contribution in [0, 0.1) is 0 Å². The summed E-state index contributed by atoms with van der Waals surface area (Å²) >= 11 is 0. The number of hydrogen-bond acceptors (Lipinski definition) is 2. The average molecular weight is 150 g/mol. The van der Waals surface area contributed by atoms with E-state index in [0.29, 0.717) is 0 Å². The lowest BCUT2D eigenvalue weighted by Crippen LogP contribution is -2.06. The highest BCUT2D eigenvalue weighted by atomic mass is 16.5. The van der Waals surface area contributed by atoms with Crippen LogP contribution in [0.5, 0.6) is 11.5 Å². The first-order valence-corrected chi connectivity index (χ1v) is 3.59. The van der Waals surface area contributed by atoms with Crippen LogP contribution in [0.1, 0.15) is 11.1 Å². The van der Waals surface area contributed by atoms with Gasteiger partial charge in [-0.05, 0) is 17.2 Å². The molecule has 1 aromatic carbocycles. The largest absolute Gasteiger partial charge is 0.496 e. The van der Waals surface area contributed by atoms with Crippen molar-refractivity contribution in [2.24, 2.45) is 0 Å². The third kappa shape index (κ3) is 0.788. The van der Waals surface area contributed by atoms with E-state index in [9.17, 15) is 0 Å². The van der Waals surface area contributed by atoms with Crippen molar-refractivity contribution in [2.75, 3.05) is 14.2 Å². The molecule has 0 unspecified atom stereocenters. The average Bonchev–Trinajstić information content (AvgIpc) is 2.01. The number of fused-ring (bicyclic) bond motifs is 2. The van der Waals surface area contributed by atoms with Gasteiger partial charge < -0.3 is 9.47 Å². The zero-order valence-electron chi connectivity index (χ0n) is 6.68. The van der Waals surface area contributed by atoms with Crippen LogP contribution < -0.4 is 9.47 Å². The smallest absolute Gasteiger partial charge is 0.126 e. The first-order chi connectivity index (χ1) is 5.35. The van der Waals surface area contributed by atoms with Crippen LogP contribution >= 0.6 is 0 Å². The number of hydrogen-bond donors (Lipinski definition) is 0. The number of benzene rings is 1. The lowest BCUT2D eigenvalue weighted by molar-refractivity contribution is 0.382. The Kier molecular flexibility index (Phi) is 1.28. The zero-order valence-corrected chi connectivity index (χ0v) is 6.68. The van der Waals surface area contributed by atoms with Crippen molar-refractivity contribution in [3.63, 3.8) is 0 Å². The fourth-order valence-corrected chi connectivity index (χ4v) is 1.39. The fraction of sp³-hybridized carbons (Fsp3) is 0.333. The van der Waals surface area contributed by atoms with E-state index in [1.165, 1.54) is 11.1 Å². The van der Waals surface area contributed by atoms with Crippen LogP contribution in [-0.2, 0) is 6.42 Å². The standard InChI is InChI=1S/C9H10O2/c1-10-8-5-9(11-2)7-3-6(8)4-7/h3,5H,4H2,1-2H3. The minimum atomic E-state index is 0.942. The third-order valence-electron chi connectivity index (χ3n) is 2.06. The van der Waals surface area contributed by atoms with E-state index >= 15 is 0 Å². The lowest BCUT2D eigenvalue weighted by atomic mass is 9.91. The van der Waals surface area contributed by atoms with E-state index in [1.54, 1.807) is 14.2 Å². The van der Waals surface area contributed by atoms with E-state index in [2.05, 4.69) is 6.07 Å². The summed E-state index contributed by atoms with van der Waals surface area (Å²) in [6.45, 7) is 0. The lowest BCUT2D eigenvalue weighted by Gasteiger charge is -2.21. The number of methoxy groups -OCH3 is 2. The van der Waals surface area contributed by atoms with Crippen molar-refractivity contribution < 1.29 is 9.47 Å². The van der Waals surface area contributed by atoms with Gasteiger partial charge in [0.2, 0.25) is 0 Å². The molecule has 3 rings (SSSR count). The molecule has 0 spiro atoms. The molecule has 0 aromatic heterocycles. The summed E-state index contributed by atoms with van der Waals surface area (Å²) in [7, 11) is 3.37. The van der Waals surface area contributed by atoms with E-state index in [-0.39, 0.29) is 0 Å². The van der Waals surface area contributed by atoms with Gasteiger partial charge in [0.15, 0.2) is 0 Å². The number of ether oxygens (including phenoxy) is 2. The Morgan fingerprint density at radius 3 is 1.82 bits per heavy atom. The van der Waals surface area contributed by atoms with Crippen molar-refractivity contribution in [2.45, 2.75) is 6.42 Å². The Hall–Kier alpha value is -1.18. The molecule has 1 aromatic rings. The van der Waals surface area contributed by atoms with Crippen molar-refractivity contribution in [3.8, 4) is 11.5 Å². The first-order valence-electron chi connectivity index (χ1n) is 3.59. The third-order valence-corrected chi connectivity index (χ3v) is 2.06. The van der Waals surface area contributed by atoms with Crippen molar-refractivity contribution in [1.29, 1.82) is 0 Å². The minimum absolute atomic E-state index is 0.942. The summed E-state index contributed by atoms with van der Waals surface area (Å²) in [6.07, 6.45) is 1.00. The van der Waals surface area contributed by atoms with Crippen LogP contribution in [-0.4, -0.2) is 14.2 Å². The van der Waals surface area contributed by atoms with Gasteiger partial charge in [-0.3, -0.25) is 0 Å². The summed E-state index contributed by atoms with van der Waals surface area (Å²) in [5.41, 5.74) is 2.56. The van der Waals surface area contributed by atoms with Gasteiger partial charge in [-0.15, -0.1) is 0 Å². The summed E-state index contributed by atoms with van der Waals surface area (Å²) in [6, 6.07) is 4.05. The molecule has 0 fully saturated rings. The molecule has 58 valence electrons. The molecule has 2 nitrogen and oxygen atoms in total. The van der Waals surface area contributed by atoms with Gasteiger partial charge in [-0.2, -0.15) is 0 Å². The first kappa shape index (κ1) is 6.53. The molecule has 2 bridgehead atoms. The monoisotopic (exact) mass is 150 g/mol. The van der Waals surface area contributed by atoms with Crippen molar-refractivity contribution in [3.05, 3.63) is 23.3 Å². The van der Waals surface area contributed by atoms with E-state index in [4.69, 9.17) is 9.47 Å². The zero-order chi connectivity index (χ0) is 7.84. The highest BCUT2D eigenvalue weighted by molar-refractivity contribution is 5.56. The Morgan fingerprint density at radius 1 is 1.00 bits per heavy atom. The SMILES string of the molecule is COc1cc(OC)c2cc1C2. The van der Waals surface area contributed by atoms with Crippen LogP contribution in [0.4, 0.5) is 0 Å². The molecule has 0 N–H and O–H groups in total. The molecule has 11 heavy (non-hydrogen) atoms. The quantitative estimate of drug-likeness (QED) is 0.647. The van der Waals surface area contributed by atoms with Crippen LogP contribution in [0.3, 0.4) is 0 Å². The molecule has 0 radical (unpaired) electrons. The summed E-state index contributed by atoms with van der Waals surface area (Å²) in [5.74, 6) is 1.88. The molecular formula is C9H10O2. The molecular weight excluding hydrogens is 140 g/mol. The Morgan fingerprint density at radius 2 is 1.45 bits per heavy atom. The molecule has 0 aliphatic heterocycles. The normalized spacial score (nSPS) is 12.2. The van der Waals surface area contributed by atoms with Gasteiger partial charge >= 0.3 is 0 Å². The maximum absolute atomic E-state index is 5.15. The molecule has 2 aliphatic carbocycles. The second kappa shape index (κ2) is 2.16. The van der Waals surface area contributed by atoms with E-state index < -0.39 is 0 Å². The highest BCUT2D eigenvalue weighted by Crippen LogP contribution is 2.38. The topological polar surface area (TPSA) is 18.5 Å². The van der Waals surface area contributed by atoms with Crippen LogP contribution in [0.2, 0.25) is 0 Å². The maximum atomic E-state index is 5.15. The molecule has 0 heterocycles. The van der Waals surface area contributed by atoms with Crippen LogP contribution in [0.25, 0.3) is 0 Å². The summed E-state index contributed by atoms with van der Waals surface area (Å²) < 4.78 is 10.3. The van der Waals surface area contributed by atoms with E-state index in [1.807, 2.05) is 6.07 Å². The number of rotatable bonds is 2. The molecule has 0 saturated heterocycles. The molecule has 0 saturated carbocycles. The summed E-state index contributed by atoms with van der Waals surface area (Å²) in [5, 5.41) is 0. The highest BCUT2D eigenvalue weighted by Gasteiger charge is 2.19.